The van der Waals surface area contributed by atoms with Crippen molar-refractivity contribution in [2.75, 3.05) is 0 Å². The monoisotopic (exact) mass is 228 g/mol. The first kappa shape index (κ1) is 12.1. The van der Waals surface area contributed by atoms with Crippen LogP contribution in [0, 0.1) is 5.41 Å². The summed E-state index contributed by atoms with van der Waals surface area (Å²) >= 11 is 0. The maximum atomic E-state index is 12.3. The van der Waals surface area contributed by atoms with Gasteiger partial charge in [0.15, 0.2) is 5.78 Å². The Kier molecular flexibility index (Phi) is 3.46. The third kappa shape index (κ3) is 2.33. The number of rotatable bonds is 4. The molecule has 1 atom stereocenters. The first-order chi connectivity index (χ1) is 8.17. The smallest absolute Gasteiger partial charge is 0.173 e. The lowest BCUT2D eigenvalue weighted by atomic mass is 9.85. The Balaban J connectivity index is 2.15. The summed E-state index contributed by atoms with van der Waals surface area (Å²) in [6, 6.07) is 7.98. The fourth-order valence-electron chi connectivity index (χ4n) is 2.48. The van der Waals surface area contributed by atoms with Crippen LogP contribution in [-0.4, -0.2) is 5.78 Å². The van der Waals surface area contributed by atoms with Crippen LogP contribution in [0.15, 0.2) is 36.4 Å². The molecule has 90 valence electrons. The van der Waals surface area contributed by atoms with Crippen LogP contribution >= 0.6 is 0 Å². The summed E-state index contributed by atoms with van der Waals surface area (Å²) in [6.07, 6.45) is 8.63. The summed E-state index contributed by atoms with van der Waals surface area (Å²) in [7, 11) is 0. The minimum absolute atomic E-state index is 0.279. The zero-order valence-corrected chi connectivity index (χ0v) is 10.7. The van der Waals surface area contributed by atoms with E-state index in [9.17, 15) is 4.79 Å². The lowest BCUT2D eigenvalue weighted by Crippen LogP contribution is -2.20. The third-order valence-electron chi connectivity index (χ3n) is 3.55. The largest absolute Gasteiger partial charge is 0.293 e. The molecule has 0 unspecified atom stereocenters. The van der Waals surface area contributed by atoms with Gasteiger partial charge in [-0.25, -0.2) is 0 Å². The SMILES string of the molecule is CCCC/C=C/[C@]1(C)Cc2ccccc2C1=O. The molecule has 0 N–H and O–H groups in total. The number of carbonyl (C=O) groups excluding carboxylic acids is 1. The zero-order chi connectivity index (χ0) is 12.3. The molecular weight excluding hydrogens is 208 g/mol. The van der Waals surface area contributed by atoms with Gasteiger partial charge in [0.2, 0.25) is 0 Å². The number of fused-ring (bicyclic) bond motifs is 1. The second-order valence-corrected chi connectivity index (χ2v) is 5.13. The van der Waals surface area contributed by atoms with Gasteiger partial charge < -0.3 is 0 Å². The fraction of sp³-hybridized carbons (Fsp3) is 0.438. The van der Waals surface area contributed by atoms with Gasteiger partial charge >= 0.3 is 0 Å². The Morgan fingerprint density at radius 3 is 2.82 bits per heavy atom. The zero-order valence-electron chi connectivity index (χ0n) is 10.7. The number of carbonyl (C=O) groups is 1. The van der Waals surface area contributed by atoms with E-state index in [0.29, 0.717) is 0 Å². The van der Waals surface area contributed by atoms with Crippen molar-refractivity contribution in [1.82, 2.24) is 0 Å². The fourth-order valence-corrected chi connectivity index (χ4v) is 2.48. The molecule has 1 aliphatic rings. The van der Waals surface area contributed by atoms with Crippen molar-refractivity contribution in [2.45, 2.75) is 39.5 Å². The van der Waals surface area contributed by atoms with E-state index in [1.807, 2.05) is 18.2 Å². The average molecular weight is 228 g/mol. The van der Waals surface area contributed by atoms with E-state index in [-0.39, 0.29) is 11.2 Å². The van der Waals surface area contributed by atoms with Crippen LogP contribution in [0.5, 0.6) is 0 Å². The summed E-state index contributed by atoms with van der Waals surface area (Å²) < 4.78 is 0. The number of allylic oxidation sites excluding steroid dienone is 2. The molecule has 0 aromatic heterocycles. The molecule has 0 bridgehead atoms. The van der Waals surface area contributed by atoms with Gasteiger partial charge in [0, 0.05) is 5.56 Å². The van der Waals surface area contributed by atoms with Crippen molar-refractivity contribution in [3.05, 3.63) is 47.5 Å². The van der Waals surface area contributed by atoms with Gasteiger partial charge in [0.1, 0.15) is 0 Å². The van der Waals surface area contributed by atoms with Gasteiger partial charge in [-0.1, -0.05) is 56.2 Å². The minimum atomic E-state index is -0.308. The normalized spacial score (nSPS) is 23.3. The van der Waals surface area contributed by atoms with Crippen molar-refractivity contribution in [3.63, 3.8) is 0 Å². The quantitative estimate of drug-likeness (QED) is 0.558. The molecule has 1 heteroatoms. The van der Waals surface area contributed by atoms with Crippen molar-refractivity contribution in [3.8, 4) is 0 Å². The van der Waals surface area contributed by atoms with E-state index in [2.05, 4.69) is 32.1 Å². The van der Waals surface area contributed by atoms with E-state index in [1.165, 1.54) is 18.4 Å². The molecule has 1 aliphatic carbocycles. The van der Waals surface area contributed by atoms with E-state index in [1.54, 1.807) is 0 Å². The van der Waals surface area contributed by atoms with Gasteiger partial charge in [-0.15, -0.1) is 0 Å². The minimum Gasteiger partial charge on any atom is -0.293 e. The van der Waals surface area contributed by atoms with Gasteiger partial charge in [0.05, 0.1) is 5.41 Å². The Labute approximate surface area is 104 Å². The summed E-state index contributed by atoms with van der Waals surface area (Å²) in [6.45, 7) is 4.24. The molecule has 0 saturated heterocycles. The molecule has 0 amide bonds. The Bertz CT molecular complexity index is 445. The van der Waals surface area contributed by atoms with E-state index < -0.39 is 0 Å². The van der Waals surface area contributed by atoms with Gasteiger partial charge in [-0.2, -0.15) is 0 Å². The van der Waals surface area contributed by atoms with E-state index >= 15 is 0 Å². The van der Waals surface area contributed by atoms with Crippen LogP contribution in [0.25, 0.3) is 0 Å². The number of ketones is 1. The Hall–Kier alpha value is -1.37. The van der Waals surface area contributed by atoms with E-state index in [4.69, 9.17) is 0 Å². The maximum Gasteiger partial charge on any atom is 0.173 e. The van der Waals surface area contributed by atoms with Crippen LogP contribution < -0.4 is 0 Å². The molecule has 1 aromatic carbocycles. The highest BCUT2D eigenvalue weighted by Gasteiger charge is 2.38. The van der Waals surface area contributed by atoms with Crippen LogP contribution in [0.4, 0.5) is 0 Å². The number of hydrogen-bond donors (Lipinski definition) is 0. The predicted molar refractivity (Wildman–Crippen MR) is 71.2 cm³/mol. The van der Waals surface area contributed by atoms with Gasteiger partial charge in [-0.3, -0.25) is 4.79 Å². The predicted octanol–water partition coefficient (Wildman–Crippen LogP) is 4.18. The molecule has 0 radical (unpaired) electrons. The maximum absolute atomic E-state index is 12.3. The van der Waals surface area contributed by atoms with Gasteiger partial charge in [-0.05, 0) is 25.3 Å². The summed E-state index contributed by atoms with van der Waals surface area (Å²) in [4.78, 5) is 12.3. The topological polar surface area (TPSA) is 17.1 Å². The van der Waals surface area contributed by atoms with Crippen LogP contribution in [0.1, 0.15) is 49.0 Å². The lowest BCUT2D eigenvalue weighted by Gasteiger charge is -2.16. The second kappa shape index (κ2) is 4.87. The standard InChI is InChI=1S/C16H20O/c1-3-4-5-8-11-16(2)12-13-9-6-7-10-14(13)15(16)17/h6-11H,3-5,12H2,1-2H3/b11-8+/t16-/m1/s1. The molecule has 0 aliphatic heterocycles. The summed E-state index contributed by atoms with van der Waals surface area (Å²) in [5, 5.41) is 0. The lowest BCUT2D eigenvalue weighted by molar-refractivity contribution is 0.0891. The molecule has 0 heterocycles. The number of hydrogen-bond acceptors (Lipinski definition) is 1. The Morgan fingerprint density at radius 1 is 1.35 bits per heavy atom. The van der Waals surface area contributed by atoms with E-state index in [0.717, 1.165) is 18.4 Å². The van der Waals surface area contributed by atoms with Crippen LogP contribution in [0.3, 0.4) is 0 Å². The first-order valence-electron chi connectivity index (χ1n) is 6.48. The van der Waals surface area contributed by atoms with Crippen molar-refractivity contribution in [1.29, 1.82) is 0 Å². The highest BCUT2D eigenvalue weighted by atomic mass is 16.1. The molecule has 1 nitrogen and oxygen atoms in total. The summed E-state index contributed by atoms with van der Waals surface area (Å²) in [5.41, 5.74) is 1.80. The molecule has 0 saturated carbocycles. The Morgan fingerprint density at radius 2 is 2.12 bits per heavy atom. The van der Waals surface area contributed by atoms with Gasteiger partial charge in [0.25, 0.3) is 0 Å². The number of benzene rings is 1. The number of unbranched alkanes of at least 4 members (excludes halogenated alkanes) is 2. The van der Waals surface area contributed by atoms with Crippen LogP contribution in [0.2, 0.25) is 0 Å². The second-order valence-electron chi connectivity index (χ2n) is 5.13. The molecular formula is C16H20O. The molecule has 0 spiro atoms. The highest BCUT2D eigenvalue weighted by Crippen LogP contribution is 2.37. The van der Waals surface area contributed by atoms with Crippen molar-refractivity contribution >= 4 is 5.78 Å². The highest BCUT2D eigenvalue weighted by molar-refractivity contribution is 6.05. The van der Waals surface area contributed by atoms with Crippen LogP contribution in [-0.2, 0) is 6.42 Å². The first-order valence-corrected chi connectivity index (χ1v) is 6.48. The van der Waals surface area contributed by atoms with Crippen molar-refractivity contribution in [2.24, 2.45) is 5.41 Å². The molecule has 1 aromatic rings. The third-order valence-corrected chi connectivity index (χ3v) is 3.55. The number of Topliss-reactive ketones (excluding diaryl/α,β-unsaturated/α-hetero) is 1. The summed E-state index contributed by atoms with van der Waals surface area (Å²) in [5.74, 6) is 0.279. The van der Waals surface area contributed by atoms with Crippen molar-refractivity contribution < 1.29 is 4.79 Å². The average Bonchev–Trinajstić information content (AvgIpc) is 2.59. The molecule has 2 rings (SSSR count). The molecule has 0 fully saturated rings. The molecule has 17 heavy (non-hydrogen) atoms.